The molecule has 1 atom stereocenters. The van der Waals surface area contributed by atoms with Crippen LogP contribution in [0.25, 0.3) is 0 Å². The molecule has 2 N–H and O–H groups in total. The van der Waals surface area contributed by atoms with E-state index >= 15 is 0 Å². The number of hydrogen-bond acceptors (Lipinski definition) is 4. The van der Waals surface area contributed by atoms with Gasteiger partial charge in [0.1, 0.15) is 0 Å². The van der Waals surface area contributed by atoms with Gasteiger partial charge in [0.2, 0.25) is 0 Å². The summed E-state index contributed by atoms with van der Waals surface area (Å²) in [5, 5.41) is 15.4. The molecule has 0 aromatic heterocycles. The molecule has 138 valence electrons. The molecule has 0 bridgehead atoms. The maximum Gasteiger partial charge on any atom is 0.0772 e. The highest BCUT2D eigenvalue weighted by Gasteiger charge is 2.40. The van der Waals surface area contributed by atoms with Gasteiger partial charge in [0.25, 0.3) is 0 Å². The molecule has 0 radical (unpaired) electrons. The van der Waals surface area contributed by atoms with Gasteiger partial charge in [0, 0.05) is 69.7 Å². The van der Waals surface area contributed by atoms with E-state index in [1.165, 1.54) is 0 Å². The first-order valence-corrected chi connectivity index (χ1v) is 8.54. The van der Waals surface area contributed by atoms with Crippen LogP contribution in [-0.4, -0.2) is 61.5 Å². The Labute approximate surface area is 161 Å². The van der Waals surface area contributed by atoms with Gasteiger partial charge in [-0.3, -0.25) is 0 Å². The van der Waals surface area contributed by atoms with Gasteiger partial charge in [0.05, 0.1) is 5.60 Å². The Morgan fingerprint density at radius 2 is 1.88 bits per heavy atom. The Balaban J connectivity index is 0.00000144. The molecule has 4 nitrogen and oxygen atoms in total. The average Bonchev–Trinajstić information content (AvgIpc) is 2.54. The van der Waals surface area contributed by atoms with Gasteiger partial charge in [-0.1, -0.05) is 23.7 Å². The van der Waals surface area contributed by atoms with Crippen molar-refractivity contribution in [1.29, 1.82) is 0 Å². The number of piperazine rings is 1. The maximum absolute atomic E-state index is 11.2. The Bertz CT molecular complexity index is 492. The van der Waals surface area contributed by atoms with Gasteiger partial charge >= 0.3 is 0 Å². The third kappa shape index (κ3) is 5.46. The number of aliphatic hydroxyl groups is 1. The topological polar surface area (TPSA) is 44.7 Å². The second-order valence-corrected chi connectivity index (χ2v) is 6.81. The van der Waals surface area contributed by atoms with E-state index in [0.29, 0.717) is 26.1 Å². The Morgan fingerprint density at radius 3 is 2.50 bits per heavy atom. The van der Waals surface area contributed by atoms with Crippen LogP contribution in [0, 0.1) is 0 Å². The van der Waals surface area contributed by atoms with Gasteiger partial charge in [-0.05, 0) is 17.7 Å². The molecule has 2 aliphatic rings. The number of ether oxygens (including phenoxy) is 1. The molecular formula is C17H27Cl3N2O2. The SMILES string of the molecule is Cl.Cl.OC1(C(CN2CCNCC2)c2cccc(Cl)c2)CCOCC1. The van der Waals surface area contributed by atoms with E-state index in [0.717, 1.165) is 43.3 Å². The van der Waals surface area contributed by atoms with Crippen LogP contribution in [0.15, 0.2) is 24.3 Å². The molecule has 0 spiro atoms. The van der Waals surface area contributed by atoms with Gasteiger partial charge in [0.15, 0.2) is 0 Å². The summed E-state index contributed by atoms with van der Waals surface area (Å²) < 4.78 is 5.45. The lowest BCUT2D eigenvalue weighted by Gasteiger charge is -2.42. The fourth-order valence-corrected chi connectivity index (χ4v) is 3.73. The van der Waals surface area contributed by atoms with Gasteiger partial charge in [-0.25, -0.2) is 0 Å². The van der Waals surface area contributed by atoms with E-state index in [4.69, 9.17) is 16.3 Å². The normalized spacial score (nSPS) is 22.1. The minimum absolute atomic E-state index is 0. The van der Waals surface area contributed by atoms with Crippen LogP contribution in [-0.2, 0) is 4.74 Å². The first-order chi connectivity index (χ1) is 10.7. The van der Waals surface area contributed by atoms with Gasteiger partial charge in [-0.15, -0.1) is 24.8 Å². The molecule has 1 unspecified atom stereocenters. The zero-order valence-corrected chi connectivity index (χ0v) is 16.1. The van der Waals surface area contributed by atoms with Crippen molar-refractivity contribution in [3.05, 3.63) is 34.9 Å². The van der Waals surface area contributed by atoms with Crippen molar-refractivity contribution in [3.63, 3.8) is 0 Å². The van der Waals surface area contributed by atoms with E-state index < -0.39 is 5.60 Å². The lowest BCUT2D eigenvalue weighted by atomic mass is 9.76. The van der Waals surface area contributed by atoms with E-state index in [2.05, 4.69) is 16.3 Å². The Hall–Kier alpha value is -0.0700. The zero-order chi connectivity index (χ0) is 15.4. The van der Waals surface area contributed by atoms with Crippen LogP contribution in [0.2, 0.25) is 5.02 Å². The third-order valence-corrected chi connectivity index (χ3v) is 5.14. The number of hydrogen-bond donors (Lipinski definition) is 2. The molecular weight excluding hydrogens is 371 g/mol. The standard InChI is InChI=1S/C17H25ClN2O2.2ClH/c18-15-3-1-2-14(12-15)16(13-20-8-6-19-7-9-20)17(21)4-10-22-11-5-17;;/h1-3,12,16,19,21H,4-11,13H2;2*1H. The van der Waals surface area contributed by atoms with Gasteiger partial charge < -0.3 is 20.1 Å². The van der Waals surface area contributed by atoms with Crippen LogP contribution in [0.5, 0.6) is 0 Å². The van der Waals surface area contributed by atoms with Crippen LogP contribution >= 0.6 is 36.4 Å². The molecule has 2 heterocycles. The highest BCUT2D eigenvalue weighted by atomic mass is 35.5. The van der Waals surface area contributed by atoms with Crippen molar-refractivity contribution in [2.24, 2.45) is 0 Å². The summed E-state index contributed by atoms with van der Waals surface area (Å²) in [4.78, 5) is 2.44. The fraction of sp³-hybridized carbons (Fsp3) is 0.647. The summed E-state index contributed by atoms with van der Waals surface area (Å²) in [6, 6.07) is 7.96. The summed E-state index contributed by atoms with van der Waals surface area (Å²) in [7, 11) is 0. The third-order valence-electron chi connectivity index (χ3n) is 4.91. The van der Waals surface area contributed by atoms with E-state index in [-0.39, 0.29) is 30.7 Å². The second kappa shape index (κ2) is 10.2. The van der Waals surface area contributed by atoms with E-state index in [1.54, 1.807) is 0 Å². The van der Waals surface area contributed by atoms with E-state index in [9.17, 15) is 5.11 Å². The van der Waals surface area contributed by atoms with Crippen LogP contribution in [0.4, 0.5) is 0 Å². The first-order valence-electron chi connectivity index (χ1n) is 8.16. The monoisotopic (exact) mass is 396 g/mol. The van der Waals surface area contributed by atoms with Gasteiger partial charge in [-0.2, -0.15) is 0 Å². The van der Waals surface area contributed by atoms with Crippen molar-refractivity contribution >= 4 is 36.4 Å². The lowest BCUT2D eigenvalue weighted by molar-refractivity contribution is -0.0851. The smallest absolute Gasteiger partial charge is 0.0772 e. The lowest BCUT2D eigenvalue weighted by Crippen LogP contribution is -2.50. The minimum atomic E-state index is -0.701. The summed E-state index contributed by atoms with van der Waals surface area (Å²) in [6.45, 7) is 6.24. The largest absolute Gasteiger partial charge is 0.389 e. The number of rotatable bonds is 4. The second-order valence-electron chi connectivity index (χ2n) is 6.37. The zero-order valence-electron chi connectivity index (χ0n) is 13.7. The predicted molar refractivity (Wildman–Crippen MR) is 103 cm³/mol. The van der Waals surface area contributed by atoms with Crippen molar-refractivity contribution in [3.8, 4) is 0 Å². The maximum atomic E-state index is 11.2. The number of nitrogens with one attached hydrogen (secondary N) is 1. The molecule has 0 aliphatic carbocycles. The molecule has 2 aliphatic heterocycles. The number of benzene rings is 1. The summed E-state index contributed by atoms with van der Waals surface area (Å²) in [5.74, 6) is 0.0770. The minimum Gasteiger partial charge on any atom is -0.389 e. The summed E-state index contributed by atoms with van der Waals surface area (Å²) in [5.41, 5.74) is 0.434. The van der Waals surface area contributed by atoms with Crippen molar-refractivity contribution in [2.75, 3.05) is 45.9 Å². The van der Waals surface area contributed by atoms with Crippen LogP contribution < -0.4 is 5.32 Å². The van der Waals surface area contributed by atoms with Crippen LogP contribution in [0.3, 0.4) is 0 Å². The predicted octanol–water partition coefficient (Wildman–Crippen LogP) is 2.71. The summed E-state index contributed by atoms with van der Waals surface area (Å²) >= 11 is 6.19. The van der Waals surface area contributed by atoms with Crippen LogP contribution in [0.1, 0.15) is 24.3 Å². The highest BCUT2D eigenvalue weighted by Crippen LogP contribution is 2.37. The molecule has 1 aromatic rings. The molecule has 2 fully saturated rings. The van der Waals surface area contributed by atoms with Crippen molar-refractivity contribution in [1.82, 2.24) is 10.2 Å². The summed E-state index contributed by atoms with van der Waals surface area (Å²) in [6.07, 6.45) is 1.38. The molecule has 2 saturated heterocycles. The van der Waals surface area contributed by atoms with Crippen molar-refractivity contribution in [2.45, 2.75) is 24.4 Å². The molecule has 3 rings (SSSR count). The Kier molecular flexibility index (Phi) is 9.31. The van der Waals surface area contributed by atoms with E-state index in [1.807, 2.05) is 18.2 Å². The molecule has 7 heteroatoms. The molecule has 0 saturated carbocycles. The number of nitrogens with zero attached hydrogens (tertiary/aromatic N) is 1. The first kappa shape index (κ1) is 22.0. The molecule has 24 heavy (non-hydrogen) atoms. The molecule has 1 aromatic carbocycles. The molecule has 0 amide bonds. The fourth-order valence-electron chi connectivity index (χ4n) is 3.53. The highest BCUT2D eigenvalue weighted by molar-refractivity contribution is 6.30. The Morgan fingerprint density at radius 1 is 1.21 bits per heavy atom. The number of halogens is 3. The average molecular weight is 398 g/mol. The quantitative estimate of drug-likeness (QED) is 0.820. The van der Waals surface area contributed by atoms with Crippen molar-refractivity contribution < 1.29 is 9.84 Å².